The average molecular weight is 400 g/mol. The van der Waals surface area contributed by atoms with Crippen molar-refractivity contribution in [1.29, 1.82) is 10.5 Å². The van der Waals surface area contributed by atoms with Crippen LogP contribution in [0.15, 0.2) is 64.7 Å². The van der Waals surface area contributed by atoms with Crippen LogP contribution in [-0.4, -0.2) is 25.0 Å². The number of allylic oxidation sites excluding steroid dienone is 7. The summed E-state index contributed by atoms with van der Waals surface area (Å²) in [5.41, 5.74) is 9.01. The molecule has 30 heavy (non-hydrogen) atoms. The van der Waals surface area contributed by atoms with E-state index >= 15 is 0 Å². The summed E-state index contributed by atoms with van der Waals surface area (Å²) < 4.78 is 0. The van der Waals surface area contributed by atoms with Gasteiger partial charge in [-0.25, -0.2) is 0 Å². The highest BCUT2D eigenvalue weighted by atomic mass is 16.1. The SMILES string of the molecule is CC1=C(C#N)C(C2(c3ccc(N(C)C)cn3)C=CC=C(C(N)=O)C2)C(C#N)=C(C)N1. The normalized spacial score (nSPS) is 21.5. The number of nitrogens with zero attached hydrogens (tertiary/aromatic N) is 4. The lowest BCUT2D eigenvalue weighted by Crippen LogP contribution is -2.42. The number of carbonyl (C=O) groups is 1. The fraction of sp³-hybridized carbons (Fsp3) is 0.304. The lowest BCUT2D eigenvalue weighted by molar-refractivity contribution is -0.114. The Kier molecular flexibility index (Phi) is 5.49. The number of dihydropyridines is 1. The Labute approximate surface area is 176 Å². The van der Waals surface area contributed by atoms with E-state index < -0.39 is 17.2 Å². The van der Waals surface area contributed by atoms with Crippen molar-refractivity contribution in [2.24, 2.45) is 11.7 Å². The molecule has 0 saturated heterocycles. The van der Waals surface area contributed by atoms with Crippen LogP contribution in [0.2, 0.25) is 0 Å². The van der Waals surface area contributed by atoms with E-state index in [-0.39, 0.29) is 6.42 Å². The molecule has 7 nitrogen and oxygen atoms in total. The van der Waals surface area contributed by atoms with E-state index in [1.807, 2.05) is 51.1 Å². The van der Waals surface area contributed by atoms with Gasteiger partial charge in [-0.15, -0.1) is 0 Å². The predicted molar refractivity (Wildman–Crippen MR) is 115 cm³/mol. The number of anilines is 1. The van der Waals surface area contributed by atoms with Gasteiger partial charge in [0.1, 0.15) is 0 Å². The maximum absolute atomic E-state index is 12.1. The molecule has 1 aliphatic carbocycles. The smallest absolute Gasteiger partial charge is 0.244 e. The standard InChI is InChI=1S/C23H24N6O/c1-14-18(11-24)21(19(12-25)15(2)28-14)23(9-5-6-16(10-23)22(26)30)20-8-7-17(13-27-20)29(3)4/h5-9,13,21,28H,10H2,1-4H3,(H2,26,30). The molecule has 1 unspecified atom stereocenters. The van der Waals surface area contributed by atoms with Crippen LogP contribution in [0.3, 0.4) is 0 Å². The number of pyridine rings is 1. The lowest BCUT2D eigenvalue weighted by Gasteiger charge is -2.42. The van der Waals surface area contributed by atoms with Gasteiger partial charge < -0.3 is 16.0 Å². The molecule has 0 saturated carbocycles. The number of nitrogens with one attached hydrogen (secondary N) is 1. The molecule has 1 aromatic rings. The Bertz CT molecular complexity index is 1060. The summed E-state index contributed by atoms with van der Waals surface area (Å²) in [7, 11) is 3.85. The zero-order chi connectivity index (χ0) is 22.1. The van der Waals surface area contributed by atoms with Crippen molar-refractivity contribution >= 4 is 11.6 Å². The van der Waals surface area contributed by atoms with E-state index in [0.29, 0.717) is 33.8 Å². The van der Waals surface area contributed by atoms with Gasteiger partial charge in [0.15, 0.2) is 0 Å². The highest BCUT2D eigenvalue weighted by Crippen LogP contribution is 2.49. The Balaban J connectivity index is 2.30. The number of hydrogen-bond acceptors (Lipinski definition) is 6. The lowest BCUT2D eigenvalue weighted by atomic mass is 9.61. The zero-order valence-electron chi connectivity index (χ0n) is 17.5. The third-order valence-corrected chi connectivity index (χ3v) is 5.75. The number of amides is 1. The number of hydrogen-bond donors (Lipinski definition) is 2. The van der Waals surface area contributed by atoms with Gasteiger partial charge in [0.05, 0.1) is 40.9 Å². The van der Waals surface area contributed by atoms with Crippen LogP contribution in [0, 0.1) is 28.6 Å². The third-order valence-electron chi connectivity index (χ3n) is 5.75. The molecule has 3 rings (SSSR count). The van der Waals surface area contributed by atoms with Crippen molar-refractivity contribution in [2.75, 3.05) is 19.0 Å². The first-order chi connectivity index (χ1) is 14.2. The topological polar surface area (TPSA) is 119 Å². The minimum atomic E-state index is -0.898. The van der Waals surface area contributed by atoms with E-state index in [1.54, 1.807) is 18.3 Å². The Morgan fingerprint density at radius 3 is 2.33 bits per heavy atom. The fourth-order valence-corrected chi connectivity index (χ4v) is 4.19. The summed E-state index contributed by atoms with van der Waals surface area (Å²) in [4.78, 5) is 18.7. The maximum Gasteiger partial charge on any atom is 0.244 e. The number of nitrogens with two attached hydrogens (primary N) is 1. The van der Waals surface area contributed by atoms with Gasteiger partial charge in [-0.2, -0.15) is 10.5 Å². The monoisotopic (exact) mass is 400 g/mol. The van der Waals surface area contributed by atoms with Crippen LogP contribution in [0.5, 0.6) is 0 Å². The van der Waals surface area contributed by atoms with Crippen molar-refractivity contribution in [1.82, 2.24) is 10.3 Å². The van der Waals surface area contributed by atoms with Gasteiger partial charge in [-0.05, 0) is 32.4 Å². The minimum absolute atomic E-state index is 0.245. The Hall–Kier alpha value is -3.84. The number of rotatable bonds is 4. The van der Waals surface area contributed by atoms with Crippen molar-refractivity contribution in [3.8, 4) is 12.1 Å². The molecule has 7 heteroatoms. The number of aromatic nitrogens is 1. The zero-order valence-corrected chi connectivity index (χ0v) is 17.5. The summed E-state index contributed by atoms with van der Waals surface area (Å²) in [6.45, 7) is 3.63. The van der Waals surface area contributed by atoms with Gasteiger partial charge in [-0.1, -0.05) is 18.2 Å². The molecule has 0 aromatic carbocycles. The number of nitriles is 2. The maximum atomic E-state index is 12.1. The van der Waals surface area contributed by atoms with E-state index in [4.69, 9.17) is 10.7 Å². The molecule has 0 radical (unpaired) electrons. The highest BCUT2D eigenvalue weighted by Gasteiger charge is 2.48. The fourth-order valence-electron chi connectivity index (χ4n) is 4.19. The van der Waals surface area contributed by atoms with Crippen molar-refractivity contribution in [3.63, 3.8) is 0 Å². The molecule has 2 aliphatic rings. The van der Waals surface area contributed by atoms with E-state index in [9.17, 15) is 15.3 Å². The molecular formula is C23H24N6O. The first-order valence-corrected chi connectivity index (χ1v) is 9.56. The first-order valence-electron chi connectivity index (χ1n) is 9.56. The molecule has 2 heterocycles. The largest absolute Gasteiger partial charge is 0.376 e. The second-order valence-corrected chi connectivity index (χ2v) is 7.79. The Morgan fingerprint density at radius 1 is 1.23 bits per heavy atom. The van der Waals surface area contributed by atoms with E-state index in [2.05, 4.69) is 17.5 Å². The molecule has 1 atom stereocenters. The number of primary amides is 1. The summed E-state index contributed by atoms with van der Waals surface area (Å²) in [6, 6.07) is 8.39. The van der Waals surface area contributed by atoms with Crippen molar-refractivity contribution in [3.05, 3.63) is 70.4 Å². The predicted octanol–water partition coefficient (Wildman–Crippen LogP) is 2.57. The van der Waals surface area contributed by atoms with Crippen LogP contribution < -0.4 is 16.0 Å². The van der Waals surface area contributed by atoms with Gasteiger partial charge in [-0.3, -0.25) is 9.78 Å². The van der Waals surface area contributed by atoms with Crippen LogP contribution >= 0.6 is 0 Å². The van der Waals surface area contributed by atoms with Crippen LogP contribution in [-0.2, 0) is 10.2 Å². The second-order valence-electron chi connectivity index (χ2n) is 7.79. The first kappa shape index (κ1) is 20.9. The van der Waals surface area contributed by atoms with Crippen LogP contribution in [0.4, 0.5) is 5.69 Å². The molecule has 0 spiro atoms. The van der Waals surface area contributed by atoms with E-state index in [1.165, 1.54) is 0 Å². The average Bonchev–Trinajstić information content (AvgIpc) is 2.73. The summed E-state index contributed by atoms with van der Waals surface area (Å²) in [5.74, 6) is -1.12. The minimum Gasteiger partial charge on any atom is -0.376 e. The number of carbonyl (C=O) groups excluding carboxylic acids is 1. The highest BCUT2D eigenvalue weighted by molar-refractivity contribution is 5.93. The second kappa shape index (κ2) is 7.88. The molecule has 3 N–H and O–H groups in total. The Morgan fingerprint density at radius 2 is 1.87 bits per heavy atom. The van der Waals surface area contributed by atoms with Crippen molar-refractivity contribution in [2.45, 2.75) is 25.7 Å². The summed E-state index contributed by atoms with van der Waals surface area (Å²) >= 11 is 0. The molecule has 1 aromatic heterocycles. The molecular weight excluding hydrogens is 376 g/mol. The van der Waals surface area contributed by atoms with Crippen molar-refractivity contribution < 1.29 is 4.79 Å². The molecule has 1 aliphatic heterocycles. The van der Waals surface area contributed by atoms with Gasteiger partial charge in [0.25, 0.3) is 0 Å². The molecule has 0 fully saturated rings. The van der Waals surface area contributed by atoms with E-state index in [0.717, 1.165) is 5.69 Å². The summed E-state index contributed by atoms with van der Waals surface area (Å²) in [5, 5.41) is 23.1. The summed E-state index contributed by atoms with van der Waals surface area (Å²) in [6.07, 6.45) is 7.37. The van der Waals surface area contributed by atoms with Gasteiger partial charge in [0, 0.05) is 42.4 Å². The van der Waals surface area contributed by atoms with Crippen LogP contribution in [0.25, 0.3) is 0 Å². The molecule has 0 bridgehead atoms. The van der Waals surface area contributed by atoms with Crippen LogP contribution in [0.1, 0.15) is 26.0 Å². The molecule has 1 amide bonds. The van der Waals surface area contributed by atoms with Gasteiger partial charge in [0.2, 0.25) is 5.91 Å². The van der Waals surface area contributed by atoms with Gasteiger partial charge >= 0.3 is 0 Å². The molecule has 152 valence electrons. The quantitative estimate of drug-likeness (QED) is 0.802. The third kappa shape index (κ3) is 3.35.